The van der Waals surface area contributed by atoms with Crippen LogP contribution < -0.4 is 10.1 Å². The Kier molecular flexibility index (Phi) is 5.21. The van der Waals surface area contributed by atoms with Crippen LogP contribution in [0.25, 0.3) is 0 Å². The minimum atomic E-state index is -0.351. The van der Waals surface area contributed by atoms with Gasteiger partial charge < -0.3 is 10.1 Å². The lowest BCUT2D eigenvalue weighted by molar-refractivity contribution is 0.384. The first kappa shape index (κ1) is 15.8. The summed E-state index contributed by atoms with van der Waals surface area (Å²) in [6, 6.07) is 12.9. The van der Waals surface area contributed by atoms with Crippen LogP contribution >= 0.6 is 11.6 Å². The van der Waals surface area contributed by atoms with E-state index in [1.54, 1.807) is 12.1 Å². The molecule has 0 aliphatic heterocycles. The molecular formula is C17H19ClFNO. The van der Waals surface area contributed by atoms with Gasteiger partial charge in [-0.3, -0.25) is 0 Å². The summed E-state index contributed by atoms with van der Waals surface area (Å²) in [5.74, 6) is -0.0899. The van der Waals surface area contributed by atoms with Crippen LogP contribution in [0, 0.1) is 5.82 Å². The molecule has 2 aromatic carbocycles. The number of benzene rings is 2. The molecule has 0 aliphatic carbocycles. The molecule has 1 unspecified atom stereocenters. The van der Waals surface area contributed by atoms with Crippen LogP contribution in [0.1, 0.15) is 37.1 Å². The summed E-state index contributed by atoms with van der Waals surface area (Å²) in [7, 11) is 1.47. The first-order chi connectivity index (χ1) is 10.0. The molecule has 0 fully saturated rings. The molecule has 0 bridgehead atoms. The first-order valence-corrected chi connectivity index (χ1v) is 7.24. The van der Waals surface area contributed by atoms with Crippen LogP contribution in [-0.2, 0) is 0 Å². The predicted octanol–water partition coefficient (Wildman–Crippen LogP) is 4.90. The van der Waals surface area contributed by atoms with Gasteiger partial charge in [-0.1, -0.05) is 29.8 Å². The molecule has 112 valence electrons. The summed E-state index contributed by atoms with van der Waals surface area (Å²) in [5, 5.41) is 4.19. The molecule has 2 aromatic rings. The quantitative estimate of drug-likeness (QED) is 0.848. The van der Waals surface area contributed by atoms with E-state index in [1.807, 2.05) is 31.2 Å². The van der Waals surface area contributed by atoms with Crippen molar-refractivity contribution < 1.29 is 9.13 Å². The van der Waals surface area contributed by atoms with Crippen molar-refractivity contribution in [2.45, 2.75) is 25.9 Å². The summed E-state index contributed by atoms with van der Waals surface area (Å²) >= 11 is 6.01. The Balaban J connectivity index is 2.12. The number of nitrogens with one attached hydrogen (secondary N) is 1. The molecule has 0 aliphatic rings. The Labute approximate surface area is 129 Å². The number of methoxy groups -OCH3 is 1. The van der Waals surface area contributed by atoms with Crippen molar-refractivity contribution in [2.24, 2.45) is 0 Å². The molecule has 0 aromatic heterocycles. The smallest absolute Gasteiger partial charge is 0.165 e. The zero-order valence-corrected chi connectivity index (χ0v) is 13.1. The van der Waals surface area contributed by atoms with E-state index in [1.165, 1.54) is 13.2 Å². The molecule has 0 heterocycles. The maximum atomic E-state index is 13.4. The van der Waals surface area contributed by atoms with Gasteiger partial charge in [0.25, 0.3) is 0 Å². The number of hydrogen-bond donors (Lipinski definition) is 1. The standard InChI is InChI=1S/C17H19ClFNO/c1-11(13-5-4-6-15(18)9-13)20-12(2)14-7-8-16(19)17(10-14)21-3/h4-12,20H,1-3H3/t11-,12?/m0/s1. The van der Waals surface area contributed by atoms with Crippen molar-refractivity contribution >= 4 is 11.6 Å². The van der Waals surface area contributed by atoms with Crippen LogP contribution in [0.4, 0.5) is 4.39 Å². The largest absolute Gasteiger partial charge is 0.494 e. The summed E-state index contributed by atoms with van der Waals surface area (Å²) in [6.45, 7) is 4.11. The highest BCUT2D eigenvalue weighted by Crippen LogP contribution is 2.25. The highest BCUT2D eigenvalue weighted by Gasteiger charge is 2.13. The van der Waals surface area contributed by atoms with E-state index >= 15 is 0 Å². The molecule has 1 N–H and O–H groups in total. The van der Waals surface area contributed by atoms with E-state index in [-0.39, 0.29) is 23.7 Å². The number of rotatable bonds is 5. The molecule has 0 radical (unpaired) electrons. The van der Waals surface area contributed by atoms with Crippen molar-refractivity contribution in [3.8, 4) is 5.75 Å². The maximum absolute atomic E-state index is 13.4. The Morgan fingerprint density at radius 2 is 1.71 bits per heavy atom. The SMILES string of the molecule is COc1cc(C(C)N[C@@H](C)c2cccc(Cl)c2)ccc1F. The number of ether oxygens (including phenoxy) is 1. The van der Waals surface area contributed by atoms with Gasteiger partial charge in [0.2, 0.25) is 0 Å². The molecule has 0 saturated heterocycles. The van der Waals surface area contributed by atoms with Gasteiger partial charge in [-0.15, -0.1) is 0 Å². The fourth-order valence-electron chi connectivity index (χ4n) is 2.29. The fourth-order valence-corrected chi connectivity index (χ4v) is 2.49. The molecule has 0 amide bonds. The Hall–Kier alpha value is -1.58. The van der Waals surface area contributed by atoms with E-state index in [0.29, 0.717) is 0 Å². The zero-order chi connectivity index (χ0) is 15.4. The van der Waals surface area contributed by atoms with Gasteiger partial charge in [0.1, 0.15) is 0 Å². The third-order valence-corrected chi connectivity index (χ3v) is 3.76. The molecule has 2 rings (SSSR count). The van der Waals surface area contributed by atoms with Gasteiger partial charge >= 0.3 is 0 Å². The van der Waals surface area contributed by atoms with Crippen LogP contribution in [0.15, 0.2) is 42.5 Å². The fraction of sp³-hybridized carbons (Fsp3) is 0.294. The minimum absolute atomic E-state index is 0.0634. The second-order valence-electron chi connectivity index (χ2n) is 5.06. The Morgan fingerprint density at radius 1 is 1.05 bits per heavy atom. The first-order valence-electron chi connectivity index (χ1n) is 6.86. The monoisotopic (exact) mass is 307 g/mol. The Morgan fingerprint density at radius 3 is 2.33 bits per heavy atom. The Bertz CT molecular complexity index is 617. The molecule has 0 spiro atoms. The maximum Gasteiger partial charge on any atom is 0.165 e. The van der Waals surface area contributed by atoms with E-state index in [2.05, 4.69) is 12.2 Å². The lowest BCUT2D eigenvalue weighted by Gasteiger charge is -2.21. The molecule has 2 nitrogen and oxygen atoms in total. The molecule has 0 saturated carbocycles. The summed E-state index contributed by atoms with van der Waals surface area (Å²) in [4.78, 5) is 0. The van der Waals surface area contributed by atoms with Crippen molar-refractivity contribution in [1.29, 1.82) is 0 Å². The summed E-state index contributed by atoms with van der Waals surface area (Å²) < 4.78 is 18.5. The third kappa shape index (κ3) is 3.96. The van der Waals surface area contributed by atoms with Crippen molar-refractivity contribution in [1.82, 2.24) is 5.32 Å². The average Bonchev–Trinajstić information content (AvgIpc) is 2.47. The van der Waals surface area contributed by atoms with Crippen molar-refractivity contribution in [3.63, 3.8) is 0 Å². The molecule has 4 heteroatoms. The van der Waals surface area contributed by atoms with E-state index in [0.717, 1.165) is 16.1 Å². The van der Waals surface area contributed by atoms with E-state index < -0.39 is 0 Å². The normalized spacial score (nSPS) is 13.8. The summed E-state index contributed by atoms with van der Waals surface area (Å²) in [5.41, 5.74) is 2.09. The van der Waals surface area contributed by atoms with Gasteiger partial charge in [0.15, 0.2) is 11.6 Å². The minimum Gasteiger partial charge on any atom is -0.494 e. The van der Waals surface area contributed by atoms with Gasteiger partial charge in [-0.25, -0.2) is 4.39 Å². The second-order valence-corrected chi connectivity index (χ2v) is 5.50. The van der Waals surface area contributed by atoms with E-state index in [4.69, 9.17) is 16.3 Å². The number of halogens is 2. The van der Waals surface area contributed by atoms with Crippen molar-refractivity contribution in [3.05, 3.63) is 64.4 Å². The average molecular weight is 308 g/mol. The lowest BCUT2D eigenvalue weighted by atomic mass is 10.0. The lowest BCUT2D eigenvalue weighted by Crippen LogP contribution is -2.22. The zero-order valence-electron chi connectivity index (χ0n) is 12.4. The molecular weight excluding hydrogens is 289 g/mol. The van der Waals surface area contributed by atoms with Crippen LogP contribution in [-0.4, -0.2) is 7.11 Å². The molecule has 2 atom stereocenters. The highest BCUT2D eigenvalue weighted by molar-refractivity contribution is 6.30. The van der Waals surface area contributed by atoms with Crippen LogP contribution in [0.5, 0.6) is 5.75 Å². The second kappa shape index (κ2) is 6.92. The van der Waals surface area contributed by atoms with Gasteiger partial charge in [0.05, 0.1) is 7.11 Å². The number of hydrogen-bond acceptors (Lipinski definition) is 2. The van der Waals surface area contributed by atoms with Crippen LogP contribution in [0.3, 0.4) is 0 Å². The molecule has 21 heavy (non-hydrogen) atoms. The van der Waals surface area contributed by atoms with Gasteiger partial charge in [-0.2, -0.15) is 0 Å². The topological polar surface area (TPSA) is 21.3 Å². The van der Waals surface area contributed by atoms with Gasteiger partial charge in [-0.05, 0) is 49.2 Å². The predicted molar refractivity (Wildman–Crippen MR) is 84.4 cm³/mol. The van der Waals surface area contributed by atoms with E-state index in [9.17, 15) is 4.39 Å². The highest BCUT2D eigenvalue weighted by atomic mass is 35.5. The third-order valence-electron chi connectivity index (χ3n) is 3.52. The van der Waals surface area contributed by atoms with Crippen molar-refractivity contribution in [2.75, 3.05) is 7.11 Å². The van der Waals surface area contributed by atoms with Gasteiger partial charge in [0, 0.05) is 17.1 Å². The van der Waals surface area contributed by atoms with Crippen LogP contribution in [0.2, 0.25) is 5.02 Å². The summed E-state index contributed by atoms with van der Waals surface area (Å²) in [6.07, 6.45) is 0.